The standard InChI is InChI=1S/C14H20N2O3S/c1-3-20(18)7-6-15-10(2)11-4-5-13-12(8-11)16-14(17)9-19-13/h4-5,8,10,15H,3,6-7,9H2,1-2H3,(H,16,17). The third-order valence-electron chi connectivity index (χ3n) is 3.24. The molecule has 2 unspecified atom stereocenters. The van der Waals surface area contributed by atoms with Crippen LogP contribution in [0.15, 0.2) is 18.2 Å². The van der Waals surface area contributed by atoms with Gasteiger partial charge in [0.1, 0.15) is 5.75 Å². The van der Waals surface area contributed by atoms with E-state index < -0.39 is 10.8 Å². The van der Waals surface area contributed by atoms with Crippen molar-refractivity contribution in [3.05, 3.63) is 23.8 Å². The molecule has 0 aromatic heterocycles. The molecule has 0 fully saturated rings. The van der Waals surface area contributed by atoms with E-state index in [0.29, 0.717) is 29.5 Å². The molecular formula is C14H20N2O3S. The molecule has 20 heavy (non-hydrogen) atoms. The van der Waals surface area contributed by atoms with Gasteiger partial charge in [-0.05, 0) is 24.6 Å². The molecule has 1 heterocycles. The minimum Gasteiger partial charge on any atom is -0.482 e. The van der Waals surface area contributed by atoms with Gasteiger partial charge in [-0.2, -0.15) is 0 Å². The van der Waals surface area contributed by atoms with Gasteiger partial charge in [0.2, 0.25) is 0 Å². The molecule has 0 radical (unpaired) electrons. The van der Waals surface area contributed by atoms with E-state index in [-0.39, 0.29) is 18.6 Å². The molecule has 2 atom stereocenters. The number of anilines is 1. The van der Waals surface area contributed by atoms with Gasteiger partial charge in [-0.1, -0.05) is 13.0 Å². The predicted octanol–water partition coefficient (Wildman–Crippen LogP) is 1.44. The molecule has 0 bridgehead atoms. The summed E-state index contributed by atoms with van der Waals surface area (Å²) in [5.74, 6) is 1.92. The van der Waals surface area contributed by atoms with Crippen molar-refractivity contribution in [2.24, 2.45) is 0 Å². The summed E-state index contributed by atoms with van der Waals surface area (Å²) in [6, 6.07) is 5.89. The Labute approximate surface area is 121 Å². The fourth-order valence-electron chi connectivity index (χ4n) is 2.02. The zero-order valence-corrected chi connectivity index (χ0v) is 12.6. The number of ether oxygens (including phenoxy) is 1. The Morgan fingerprint density at radius 2 is 2.30 bits per heavy atom. The zero-order chi connectivity index (χ0) is 14.5. The normalized spacial score (nSPS) is 16.8. The van der Waals surface area contributed by atoms with Crippen LogP contribution in [-0.2, 0) is 15.6 Å². The van der Waals surface area contributed by atoms with E-state index in [0.717, 1.165) is 5.56 Å². The van der Waals surface area contributed by atoms with Crippen LogP contribution in [0.4, 0.5) is 5.69 Å². The van der Waals surface area contributed by atoms with E-state index in [2.05, 4.69) is 10.6 Å². The van der Waals surface area contributed by atoms with E-state index in [1.165, 1.54) is 0 Å². The lowest BCUT2D eigenvalue weighted by Crippen LogP contribution is -2.27. The molecule has 2 N–H and O–H groups in total. The van der Waals surface area contributed by atoms with Crippen molar-refractivity contribution in [2.75, 3.05) is 30.0 Å². The van der Waals surface area contributed by atoms with Crippen LogP contribution in [0, 0.1) is 0 Å². The summed E-state index contributed by atoms with van der Waals surface area (Å²) in [7, 11) is -0.746. The monoisotopic (exact) mass is 296 g/mol. The minimum absolute atomic E-state index is 0.0724. The quantitative estimate of drug-likeness (QED) is 0.833. The van der Waals surface area contributed by atoms with Gasteiger partial charge in [0.05, 0.1) is 5.69 Å². The summed E-state index contributed by atoms with van der Waals surface area (Å²) < 4.78 is 16.7. The van der Waals surface area contributed by atoms with Gasteiger partial charge in [-0.3, -0.25) is 9.00 Å². The maximum atomic E-state index is 11.4. The van der Waals surface area contributed by atoms with Crippen LogP contribution in [0.2, 0.25) is 0 Å². The van der Waals surface area contributed by atoms with Crippen LogP contribution in [0.1, 0.15) is 25.5 Å². The Hall–Kier alpha value is -1.40. The van der Waals surface area contributed by atoms with Crippen molar-refractivity contribution in [3.63, 3.8) is 0 Å². The van der Waals surface area contributed by atoms with Crippen molar-refractivity contribution in [3.8, 4) is 5.75 Å². The zero-order valence-electron chi connectivity index (χ0n) is 11.8. The fraction of sp³-hybridized carbons (Fsp3) is 0.500. The van der Waals surface area contributed by atoms with E-state index >= 15 is 0 Å². The van der Waals surface area contributed by atoms with Crippen LogP contribution in [-0.4, -0.2) is 34.8 Å². The molecule has 6 heteroatoms. The summed E-state index contributed by atoms with van der Waals surface area (Å²) in [6.45, 7) is 4.75. The predicted molar refractivity (Wildman–Crippen MR) is 80.5 cm³/mol. The number of rotatable bonds is 6. The van der Waals surface area contributed by atoms with Gasteiger partial charge >= 0.3 is 0 Å². The number of carbonyl (C=O) groups excluding carboxylic acids is 1. The number of carbonyl (C=O) groups is 1. The maximum absolute atomic E-state index is 11.4. The molecule has 5 nitrogen and oxygen atoms in total. The van der Waals surface area contributed by atoms with Crippen molar-refractivity contribution in [1.82, 2.24) is 5.32 Å². The van der Waals surface area contributed by atoms with E-state index in [4.69, 9.17) is 4.74 Å². The summed E-state index contributed by atoms with van der Waals surface area (Å²) in [4.78, 5) is 11.3. The number of fused-ring (bicyclic) bond motifs is 1. The van der Waals surface area contributed by atoms with Gasteiger partial charge in [-0.25, -0.2) is 0 Å². The van der Waals surface area contributed by atoms with Crippen molar-refractivity contribution >= 4 is 22.4 Å². The second kappa shape index (κ2) is 6.85. The van der Waals surface area contributed by atoms with Crippen LogP contribution in [0.25, 0.3) is 0 Å². The summed E-state index contributed by atoms with van der Waals surface area (Å²) in [6.07, 6.45) is 0. The molecule has 2 rings (SSSR count). The third-order valence-corrected chi connectivity index (χ3v) is 4.54. The molecule has 1 aliphatic heterocycles. The Balaban J connectivity index is 1.96. The first-order valence-electron chi connectivity index (χ1n) is 6.75. The number of hydrogen-bond donors (Lipinski definition) is 2. The highest BCUT2D eigenvalue weighted by molar-refractivity contribution is 7.84. The largest absolute Gasteiger partial charge is 0.482 e. The average molecular weight is 296 g/mol. The van der Waals surface area contributed by atoms with Gasteiger partial charge < -0.3 is 15.4 Å². The van der Waals surface area contributed by atoms with Gasteiger partial charge in [0.25, 0.3) is 5.91 Å². The number of nitrogens with one attached hydrogen (secondary N) is 2. The third kappa shape index (κ3) is 3.80. The lowest BCUT2D eigenvalue weighted by molar-refractivity contribution is -0.118. The van der Waals surface area contributed by atoms with Crippen molar-refractivity contribution < 1.29 is 13.7 Å². The maximum Gasteiger partial charge on any atom is 0.262 e. The van der Waals surface area contributed by atoms with Crippen molar-refractivity contribution in [2.45, 2.75) is 19.9 Å². The molecule has 0 aliphatic carbocycles. The van der Waals surface area contributed by atoms with Gasteiger partial charge in [0.15, 0.2) is 6.61 Å². The van der Waals surface area contributed by atoms with Crippen LogP contribution < -0.4 is 15.4 Å². The SMILES string of the molecule is CCS(=O)CCNC(C)c1ccc2c(c1)NC(=O)CO2. The summed E-state index contributed by atoms with van der Waals surface area (Å²) in [5, 5.41) is 6.13. The molecule has 110 valence electrons. The molecule has 1 aromatic rings. The van der Waals surface area contributed by atoms with Gasteiger partial charge in [-0.15, -0.1) is 0 Å². The van der Waals surface area contributed by atoms with Crippen LogP contribution in [0.3, 0.4) is 0 Å². The smallest absolute Gasteiger partial charge is 0.262 e. The Kier molecular flexibility index (Phi) is 5.14. The van der Waals surface area contributed by atoms with Crippen molar-refractivity contribution in [1.29, 1.82) is 0 Å². The number of hydrogen-bond acceptors (Lipinski definition) is 4. The second-order valence-electron chi connectivity index (χ2n) is 4.70. The first kappa shape index (κ1) is 15.0. The highest BCUT2D eigenvalue weighted by Gasteiger charge is 2.17. The highest BCUT2D eigenvalue weighted by Crippen LogP contribution is 2.30. The van der Waals surface area contributed by atoms with Gasteiger partial charge in [0, 0.05) is 34.9 Å². The molecule has 1 aromatic carbocycles. The first-order chi connectivity index (χ1) is 9.60. The Morgan fingerprint density at radius 1 is 1.50 bits per heavy atom. The number of benzene rings is 1. The molecule has 0 saturated carbocycles. The summed E-state index contributed by atoms with van der Waals surface area (Å²) >= 11 is 0. The van der Waals surface area contributed by atoms with E-state index in [1.54, 1.807) is 0 Å². The van der Waals surface area contributed by atoms with Crippen LogP contribution >= 0.6 is 0 Å². The van der Waals surface area contributed by atoms with E-state index in [1.807, 2.05) is 32.0 Å². The molecule has 1 aliphatic rings. The molecule has 0 saturated heterocycles. The fourth-order valence-corrected chi connectivity index (χ4v) is 2.66. The Bertz CT molecular complexity index is 519. The molecule has 1 amide bonds. The number of amides is 1. The molecular weight excluding hydrogens is 276 g/mol. The second-order valence-corrected chi connectivity index (χ2v) is 6.57. The van der Waals surface area contributed by atoms with E-state index in [9.17, 15) is 9.00 Å². The topological polar surface area (TPSA) is 67.4 Å². The summed E-state index contributed by atoms with van der Waals surface area (Å²) in [5.41, 5.74) is 1.78. The lowest BCUT2D eigenvalue weighted by atomic mass is 10.1. The molecule has 0 spiro atoms. The average Bonchev–Trinajstić information content (AvgIpc) is 2.46. The highest BCUT2D eigenvalue weighted by atomic mass is 32.2. The minimum atomic E-state index is -0.746. The first-order valence-corrected chi connectivity index (χ1v) is 8.24. The lowest BCUT2D eigenvalue weighted by Gasteiger charge is -2.21. The van der Waals surface area contributed by atoms with Crippen LogP contribution in [0.5, 0.6) is 5.75 Å². The Morgan fingerprint density at radius 3 is 3.05 bits per heavy atom.